The van der Waals surface area contributed by atoms with Gasteiger partial charge in [-0.2, -0.15) is 5.26 Å². The first-order valence-electron chi connectivity index (χ1n) is 6.42. The Labute approximate surface area is 119 Å². The Hall–Kier alpha value is -2.35. The van der Waals surface area contributed by atoms with E-state index in [1.54, 1.807) is 45.3 Å². The molecule has 0 spiro atoms. The molecule has 0 aliphatic rings. The molecule has 0 aromatic heterocycles. The maximum absolute atomic E-state index is 12.3. The Morgan fingerprint density at radius 1 is 1.35 bits per heavy atom. The van der Waals surface area contributed by atoms with Gasteiger partial charge in [-0.1, -0.05) is 37.3 Å². The van der Waals surface area contributed by atoms with Crippen molar-refractivity contribution in [3.63, 3.8) is 0 Å². The lowest BCUT2D eigenvalue weighted by Crippen LogP contribution is -2.39. The van der Waals surface area contributed by atoms with Crippen LogP contribution in [0.2, 0.25) is 0 Å². The van der Waals surface area contributed by atoms with Crippen LogP contribution in [0.1, 0.15) is 18.4 Å². The van der Waals surface area contributed by atoms with Gasteiger partial charge in [0.05, 0.1) is 12.0 Å². The number of nitrogens with one attached hydrogen (secondary N) is 1. The molecule has 2 atom stereocenters. The van der Waals surface area contributed by atoms with E-state index in [2.05, 4.69) is 5.32 Å². The van der Waals surface area contributed by atoms with E-state index in [-0.39, 0.29) is 24.3 Å². The van der Waals surface area contributed by atoms with Gasteiger partial charge in [0.2, 0.25) is 11.8 Å². The maximum atomic E-state index is 12.3. The molecule has 1 N–H and O–H groups in total. The number of nitriles is 1. The maximum Gasteiger partial charge on any atom is 0.244 e. The van der Waals surface area contributed by atoms with Crippen molar-refractivity contribution >= 4 is 11.8 Å². The van der Waals surface area contributed by atoms with Crippen molar-refractivity contribution in [3.8, 4) is 6.07 Å². The molecule has 0 bridgehead atoms. The Balaban J connectivity index is 2.77. The Kier molecular flexibility index (Phi) is 5.73. The van der Waals surface area contributed by atoms with Crippen molar-refractivity contribution < 1.29 is 9.59 Å². The minimum atomic E-state index is -0.835. The number of carbonyl (C=O) groups excluding carboxylic acids is 2. The highest BCUT2D eigenvalue weighted by molar-refractivity contribution is 5.87. The van der Waals surface area contributed by atoms with Gasteiger partial charge in [0, 0.05) is 20.6 Å². The summed E-state index contributed by atoms with van der Waals surface area (Å²) >= 11 is 0. The number of rotatable bonds is 5. The van der Waals surface area contributed by atoms with E-state index < -0.39 is 5.92 Å². The third-order valence-electron chi connectivity index (χ3n) is 3.13. The van der Waals surface area contributed by atoms with Crippen molar-refractivity contribution in [3.05, 3.63) is 35.9 Å². The zero-order valence-electron chi connectivity index (χ0n) is 12.0. The quantitative estimate of drug-likeness (QED) is 0.874. The van der Waals surface area contributed by atoms with Gasteiger partial charge in [0.25, 0.3) is 0 Å². The molecule has 5 nitrogen and oxygen atoms in total. The highest BCUT2D eigenvalue weighted by atomic mass is 16.2. The van der Waals surface area contributed by atoms with Gasteiger partial charge in [-0.15, -0.1) is 0 Å². The lowest BCUT2D eigenvalue weighted by molar-refractivity contribution is -0.132. The normalized spacial score (nSPS) is 12.9. The Morgan fingerprint density at radius 2 is 1.95 bits per heavy atom. The number of amides is 2. The fourth-order valence-corrected chi connectivity index (χ4v) is 1.97. The molecule has 0 fully saturated rings. The van der Waals surface area contributed by atoms with Crippen molar-refractivity contribution in [2.75, 3.05) is 20.6 Å². The van der Waals surface area contributed by atoms with Crippen LogP contribution in [0, 0.1) is 17.2 Å². The fraction of sp³-hybridized carbons (Fsp3) is 0.400. The molecule has 1 aromatic rings. The molecule has 2 unspecified atom stereocenters. The second-order valence-corrected chi connectivity index (χ2v) is 4.71. The first-order chi connectivity index (χ1) is 9.51. The van der Waals surface area contributed by atoms with E-state index >= 15 is 0 Å². The number of likely N-dealkylation sites (N-methyl/N-ethyl adjacent to an activating group) is 1. The highest BCUT2D eigenvalue weighted by Crippen LogP contribution is 2.17. The number of hydrogen-bond donors (Lipinski definition) is 1. The molecule has 5 heteroatoms. The molecular weight excluding hydrogens is 254 g/mol. The van der Waals surface area contributed by atoms with E-state index in [0.29, 0.717) is 5.56 Å². The molecule has 0 heterocycles. The van der Waals surface area contributed by atoms with Crippen LogP contribution in [0.4, 0.5) is 0 Å². The predicted octanol–water partition coefficient (Wildman–Crippen LogP) is 1.13. The molecule has 0 aliphatic heterocycles. The third kappa shape index (κ3) is 3.82. The number of benzene rings is 1. The molecular formula is C15H19N3O2. The van der Waals surface area contributed by atoms with Gasteiger partial charge in [0.15, 0.2) is 0 Å². The fourth-order valence-electron chi connectivity index (χ4n) is 1.97. The number of nitrogens with zero attached hydrogens (tertiary/aromatic N) is 2. The smallest absolute Gasteiger partial charge is 0.244 e. The van der Waals surface area contributed by atoms with Gasteiger partial charge < -0.3 is 10.2 Å². The summed E-state index contributed by atoms with van der Waals surface area (Å²) in [6, 6.07) is 10.9. The molecule has 0 saturated carbocycles. The van der Waals surface area contributed by atoms with Crippen molar-refractivity contribution in [1.82, 2.24) is 10.2 Å². The van der Waals surface area contributed by atoms with Crippen LogP contribution in [0.15, 0.2) is 30.3 Å². The van der Waals surface area contributed by atoms with Gasteiger partial charge in [-0.05, 0) is 5.56 Å². The van der Waals surface area contributed by atoms with E-state index in [1.807, 2.05) is 12.1 Å². The van der Waals surface area contributed by atoms with Gasteiger partial charge >= 0.3 is 0 Å². The lowest BCUT2D eigenvalue weighted by Gasteiger charge is -2.23. The summed E-state index contributed by atoms with van der Waals surface area (Å²) in [4.78, 5) is 25.2. The minimum absolute atomic E-state index is 0.127. The Bertz CT molecular complexity index is 508. The van der Waals surface area contributed by atoms with Crippen LogP contribution in [0.3, 0.4) is 0 Å². The first-order valence-corrected chi connectivity index (χ1v) is 6.42. The molecule has 20 heavy (non-hydrogen) atoms. The molecule has 1 aromatic carbocycles. The van der Waals surface area contributed by atoms with Crippen LogP contribution < -0.4 is 5.32 Å². The third-order valence-corrected chi connectivity index (χ3v) is 3.13. The zero-order chi connectivity index (χ0) is 15.1. The molecule has 0 saturated heterocycles. The van der Waals surface area contributed by atoms with Crippen LogP contribution in [0.25, 0.3) is 0 Å². The second kappa shape index (κ2) is 7.29. The van der Waals surface area contributed by atoms with Crippen LogP contribution >= 0.6 is 0 Å². The van der Waals surface area contributed by atoms with Crippen LogP contribution in [0.5, 0.6) is 0 Å². The summed E-state index contributed by atoms with van der Waals surface area (Å²) in [5, 5.41) is 11.8. The topological polar surface area (TPSA) is 73.2 Å². The lowest BCUT2D eigenvalue weighted by atomic mass is 9.99. The minimum Gasteiger partial charge on any atom is -0.359 e. The summed E-state index contributed by atoms with van der Waals surface area (Å²) in [7, 11) is 3.16. The standard InChI is InChI=1S/C15H19N3O2/c1-11(14(19)17-2)10-18(3)15(20)13(9-16)12-7-5-4-6-8-12/h4-8,11,13H,10H2,1-3H3,(H,17,19). The average Bonchev–Trinajstić information content (AvgIpc) is 2.47. The van der Waals surface area contributed by atoms with E-state index in [9.17, 15) is 14.9 Å². The van der Waals surface area contributed by atoms with Gasteiger partial charge in [0.1, 0.15) is 5.92 Å². The summed E-state index contributed by atoms with van der Waals surface area (Å²) in [5.74, 6) is -1.57. The highest BCUT2D eigenvalue weighted by Gasteiger charge is 2.25. The van der Waals surface area contributed by atoms with Crippen LogP contribution in [-0.2, 0) is 9.59 Å². The van der Waals surface area contributed by atoms with E-state index in [0.717, 1.165) is 0 Å². The molecule has 2 amide bonds. The zero-order valence-corrected chi connectivity index (χ0v) is 12.0. The Morgan fingerprint density at radius 3 is 2.45 bits per heavy atom. The predicted molar refractivity (Wildman–Crippen MR) is 75.7 cm³/mol. The molecule has 0 aliphatic carbocycles. The summed E-state index contributed by atoms with van der Waals surface area (Å²) in [6.07, 6.45) is 0. The number of carbonyl (C=O) groups is 2. The second-order valence-electron chi connectivity index (χ2n) is 4.71. The van der Waals surface area contributed by atoms with Crippen molar-refractivity contribution in [2.24, 2.45) is 5.92 Å². The molecule has 1 rings (SSSR count). The van der Waals surface area contributed by atoms with E-state index in [4.69, 9.17) is 0 Å². The van der Waals surface area contributed by atoms with Gasteiger partial charge in [-0.3, -0.25) is 9.59 Å². The van der Waals surface area contributed by atoms with Crippen LogP contribution in [-0.4, -0.2) is 37.4 Å². The van der Waals surface area contributed by atoms with Crippen molar-refractivity contribution in [2.45, 2.75) is 12.8 Å². The largest absolute Gasteiger partial charge is 0.359 e. The first kappa shape index (κ1) is 15.7. The average molecular weight is 273 g/mol. The monoisotopic (exact) mass is 273 g/mol. The molecule has 106 valence electrons. The summed E-state index contributed by atoms with van der Waals surface area (Å²) < 4.78 is 0. The van der Waals surface area contributed by atoms with E-state index in [1.165, 1.54) is 4.90 Å². The summed E-state index contributed by atoms with van der Waals surface area (Å²) in [5.41, 5.74) is 0.666. The molecule has 0 radical (unpaired) electrons. The summed E-state index contributed by atoms with van der Waals surface area (Å²) in [6.45, 7) is 2.02. The number of hydrogen-bond acceptors (Lipinski definition) is 3. The van der Waals surface area contributed by atoms with Gasteiger partial charge in [-0.25, -0.2) is 0 Å². The van der Waals surface area contributed by atoms with Crippen molar-refractivity contribution in [1.29, 1.82) is 5.26 Å². The SMILES string of the molecule is CNC(=O)C(C)CN(C)C(=O)C(C#N)c1ccccc1.